The third-order valence-corrected chi connectivity index (χ3v) is 8.15. The molecule has 9 heteroatoms. The summed E-state index contributed by atoms with van der Waals surface area (Å²) in [5.41, 5.74) is 1.27. The number of carbonyl (C=O) groups is 1. The van der Waals surface area contributed by atoms with E-state index in [0.29, 0.717) is 17.0 Å². The van der Waals surface area contributed by atoms with Crippen molar-refractivity contribution < 1.29 is 30.1 Å². The van der Waals surface area contributed by atoms with Gasteiger partial charge in [0.2, 0.25) is 15.9 Å². The second-order valence-electron chi connectivity index (χ2n) is 9.13. The van der Waals surface area contributed by atoms with Crippen LogP contribution in [0.5, 0.6) is 0 Å². The van der Waals surface area contributed by atoms with Gasteiger partial charge in [-0.2, -0.15) is 0 Å². The van der Waals surface area contributed by atoms with Crippen LogP contribution < -0.4 is 17.1 Å². The molecule has 0 bridgehead atoms. The van der Waals surface area contributed by atoms with Gasteiger partial charge in [-0.05, 0) is 43.4 Å². The number of benzene rings is 1. The Bertz CT molecular complexity index is 862. The van der Waals surface area contributed by atoms with E-state index in [1.165, 1.54) is 43.4 Å². The first-order valence-electron chi connectivity index (χ1n) is 10.6. The molecule has 0 radical (unpaired) electrons. The van der Waals surface area contributed by atoms with Gasteiger partial charge >= 0.3 is 0 Å². The lowest BCUT2D eigenvalue weighted by Gasteiger charge is -2.37. The number of sulfonamides is 1. The molecule has 30 heavy (non-hydrogen) atoms. The number of rotatable bonds is 5. The molecule has 0 aliphatic carbocycles. The van der Waals surface area contributed by atoms with Crippen LogP contribution >= 0.6 is 11.6 Å². The molecule has 3 heterocycles. The first-order chi connectivity index (χ1) is 13.7. The van der Waals surface area contributed by atoms with Crippen molar-refractivity contribution >= 4 is 27.5 Å². The van der Waals surface area contributed by atoms with Gasteiger partial charge in [0, 0.05) is 31.0 Å². The van der Waals surface area contributed by atoms with Gasteiger partial charge in [-0.1, -0.05) is 23.7 Å². The predicted molar refractivity (Wildman–Crippen MR) is 114 cm³/mol. The van der Waals surface area contributed by atoms with Crippen molar-refractivity contribution in [2.24, 2.45) is 0 Å². The summed E-state index contributed by atoms with van der Waals surface area (Å²) in [5.74, 6) is -0.119. The summed E-state index contributed by atoms with van der Waals surface area (Å²) in [7, 11) is -3.49. The zero-order valence-corrected chi connectivity index (χ0v) is 19.8. The van der Waals surface area contributed by atoms with Crippen LogP contribution in [-0.4, -0.2) is 74.3 Å². The monoisotopic (exact) mass is 475 g/mol. The summed E-state index contributed by atoms with van der Waals surface area (Å²) in [6.45, 7) is 5.30. The van der Waals surface area contributed by atoms with Crippen LogP contribution in [0, 0.1) is 0 Å². The molecule has 0 saturated carbocycles. The van der Waals surface area contributed by atoms with Gasteiger partial charge in [-0.3, -0.25) is 4.79 Å². The van der Waals surface area contributed by atoms with Gasteiger partial charge in [-0.15, -0.1) is 0 Å². The molecule has 1 atom stereocenters. The number of nitrogens with zero attached hydrogens (tertiary/aromatic N) is 2. The maximum Gasteiger partial charge on any atom is 0.241 e. The SMILES string of the molecule is CS(=O)(=O)NC(Cc1ccc(Cl)cc1)C(=O)N1CCC2(CC1)C[N+]21CCCCC1.[Cl-]. The summed E-state index contributed by atoms with van der Waals surface area (Å²) in [5, 5.41) is 0.619. The van der Waals surface area contributed by atoms with Gasteiger partial charge < -0.3 is 21.8 Å². The Kier molecular flexibility index (Phi) is 7.09. The van der Waals surface area contributed by atoms with E-state index in [2.05, 4.69) is 4.72 Å². The van der Waals surface area contributed by atoms with E-state index >= 15 is 0 Å². The minimum atomic E-state index is -3.49. The fourth-order valence-electron chi connectivity index (χ4n) is 5.57. The average Bonchev–Trinajstić information content (AvgIpc) is 3.26. The number of halogens is 2. The first-order valence-corrected chi connectivity index (χ1v) is 12.9. The van der Waals surface area contributed by atoms with E-state index in [-0.39, 0.29) is 18.3 Å². The first kappa shape index (κ1) is 23.8. The van der Waals surface area contributed by atoms with Crippen LogP contribution in [0.3, 0.4) is 0 Å². The van der Waals surface area contributed by atoms with Gasteiger partial charge in [0.15, 0.2) is 5.54 Å². The number of fused-ring (bicyclic) bond motifs is 1. The lowest BCUT2D eigenvalue weighted by Crippen LogP contribution is -3.00. The number of amides is 1. The number of quaternary nitrogens is 1. The fraction of sp³-hybridized carbons (Fsp3) is 0.667. The molecule has 1 aromatic carbocycles. The molecule has 3 saturated heterocycles. The standard InChI is InChI=1S/C21H31ClN3O3S.ClH/c1-29(27,28)23-19(15-17-5-7-18(22)8-6-17)20(26)24-11-9-21(10-12-24)16-25(21)13-3-2-4-14-25;/h5-8,19,23H,2-4,9-16H2,1H3;1H/q+1;/p-1. The number of hydrogen-bond donors (Lipinski definition) is 1. The highest BCUT2D eigenvalue weighted by molar-refractivity contribution is 7.88. The minimum Gasteiger partial charge on any atom is -1.00 e. The largest absolute Gasteiger partial charge is 1.00 e. The molecule has 6 nitrogen and oxygen atoms in total. The van der Waals surface area contributed by atoms with E-state index in [1.807, 2.05) is 17.0 Å². The third-order valence-electron chi connectivity index (χ3n) is 7.19. The van der Waals surface area contributed by atoms with E-state index < -0.39 is 16.1 Å². The number of carbonyl (C=O) groups excluding carboxylic acids is 1. The van der Waals surface area contributed by atoms with Crippen molar-refractivity contribution in [2.75, 3.05) is 39.0 Å². The van der Waals surface area contributed by atoms with Crippen molar-refractivity contribution in [1.29, 1.82) is 0 Å². The topological polar surface area (TPSA) is 66.5 Å². The summed E-state index contributed by atoms with van der Waals surface area (Å²) in [4.78, 5) is 15.1. The number of hydrogen-bond acceptors (Lipinski definition) is 3. The predicted octanol–water partition coefficient (Wildman–Crippen LogP) is -0.820. The number of nitrogens with one attached hydrogen (secondary N) is 1. The molecular weight excluding hydrogens is 445 g/mol. The van der Waals surface area contributed by atoms with Gasteiger partial charge in [0.1, 0.15) is 12.6 Å². The van der Waals surface area contributed by atoms with Crippen LogP contribution in [0.2, 0.25) is 5.02 Å². The van der Waals surface area contributed by atoms with Crippen LogP contribution in [0.1, 0.15) is 37.7 Å². The highest BCUT2D eigenvalue weighted by atomic mass is 35.5. The normalized spacial score (nSPS) is 23.1. The van der Waals surface area contributed by atoms with Crippen molar-refractivity contribution in [3.8, 4) is 0 Å². The summed E-state index contributed by atoms with van der Waals surface area (Å²) in [6, 6.07) is 6.42. The van der Waals surface area contributed by atoms with Crippen molar-refractivity contribution in [3.63, 3.8) is 0 Å². The van der Waals surface area contributed by atoms with E-state index in [1.54, 1.807) is 12.1 Å². The maximum absolute atomic E-state index is 13.2. The smallest absolute Gasteiger partial charge is 0.241 e. The molecular formula is C21H31Cl2N3O3S. The Hall–Kier alpha value is -0.860. The maximum atomic E-state index is 13.2. The number of likely N-dealkylation sites (tertiary alicyclic amines) is 1. The van der Waals surface area contributed by atoms with Gasteiger partial charge in [0.25, 0.3) is 0 Å². The summed E-state index contributed by atoms with van der Waals surface area (Å²) in [6.07, 6.45) is 7.50. The molecule has 1 aromatic rings. The lowest BCUT2D eigenvalue weighted by atomic mass is 9.94. The zero-order valence-electron chi connectivity index (χ0n) is 17.4. The highest BCUT2D eigenvalue weighted by Crippen LogP contribution is 2.52. The van der Waals surface area contributed by atoms with Crippen LogP contribution in [0.15, 0.2) is 24.3 Å². The van der Waals surface area contributed by atoms with Crippen molar-refractivity contribution in [1.82, 2.24) is 9.62 Å². The van der Waals surface area contributed by atoms with E-state index in [0.717, 1.165) is 37.8 Å². The van der Waals surface area contributed by atoms with Crippen LogP contribution in [0.4, 0.5) is 0 Å². The van der Waals surface area contributed by atoms with Gasteiger partial charge in [0.05, 0.1) is 19.3 Å². The molecule has 1 N–H and O–H groups in total. The van der Waals surface area contributed by atoms with Crippen molar-refractivity contribution in [3.05, 3.63) is 34.9 Å². The van der Waals surface area contributed by atoms with E-state index in [9.17, 15) is 13.2 Å². The molecule has 3 aliphatic heterocycles. The lowest BCUT2D eigenvalue weighted by molar-refractivity contribution is -0.836. The highest BCUT2D eigenvalue weighted by Gasteiger charge is 2.69. The molecule has 1 unspecified atom stereocenters. The minimum absolute atomic E-state index is 0. The molecule has 3 fully saturated rings. The second kappa shape index (κ2) is 8.94. The molecule has 2 spiro atoms. The van der Waals surface area contributed by atoms with Crippen molar-refractivity contribution in [2.45, 2.75) is 50.1 Å². The Labute approximate surface area is 191 Å². The quantitative estimate of drug-likeness (QED) is 0.446. The Morgan fingerprint density at radius 2 is 1.77 bits per heavy atom. The Morgan fingerprint density at radius 1 is 1.17 bits per heavy atom. The average molecular weight is 476 g/mol. The molecule has 3 aliphatic rings. The summed E-state index contributed by atoms with van der Waals surface area (Å²) < 4.78 is 27.6. The second-order valence-corrected chi connectivity index (χ2v) is 11.4. The van der Waals surface area contributed by atoms with Crippen LogP contribution in [-0.2, 0) is 21.2 Å². The van der Waals surface area contributed by atoms with Gasteiger partial charge in [-0.25, -0.2) is 13.1 Å². The molecule has 0 aromatic heterocycles. The summed E-state index contributed by atoms with van der Waals surface area (Å²) >= 11 is 5.94. The Balaban J connectivity index is 0.00000256. The molecule has 168 valence electrons. The fourth-order valence-corrected chi connectivity index (χ4v) is 6.40. The van der Waals surface area contributed by atoms with Crippen LogP contribution in [0.25, 0.3) is 0 Å². The third kappa shape index (κ3) is 4.96. The zero-order chi connectivity index (χ0) is 20.7. The number of piperidine rings is 2. The Morgan fingerprint density at radius 3 is 2.33 bits per heavy atom. The molecule has 4 rings (SSSR count). The molecule has 1 amide bonds. The van der Waals surface area contributed by atoms with E-state index in [4.69, 9.17) is 11.6 Å².